The van der Waals surface area contributed by atoms with Gasteiger partial charge in [0, 0.05) is 23.2 Å². The van der Waals surface area contributed by atoms with Crippen LogP contribution in [-0.2, 0) is 11.3 Å². The summed E-state index contributed by atoms with van der Waals surface area (Å²) in [5.41, 5.74) is 0.974. The van der Waals surface area contributed by atoms with Crippen molar-refractivity contribution in [2.75, 3.05) is 5.75 Å². The van der Waals surface area contributed by atoms with Crippen LogP contribution in [-0.4, -0.2) is 32.5 Å². The van der Waals surface area contributed by atoms with Gasteiger partial charge in [0.15, 0.2) is 11.0 Å². The highest BCUT2D eigenvalue weighted by molar-refractivity contribution is 7.99. The molecule has 26 heavy (non-hydrogen) atoms. The van der Waals surface area contributed by atoms with Gasteiger partial charge in [0.1, 0.15) is 0 Å². The minimum Gasteiger partial charge on any atom is -0.352 e. The summed E-state index contributed by atoms with van der Waals surface area (Å²) < 4.78 is 2.04. The molecule has 2 saturated carbocycles. The molecule has 2 aliphatic rings. The van der Waals surface area contributed by atoms with Gasteiger partial charge >= 0.3 is 0 Å². The topological polar surface area (TPSA) is 59.8 Å². The summed E-state index contributed by atoms with van der Waals surface area (Å²) in [7, 11) is 0. The zero-order valence-electron chi connectivity index (χ0n) is 14.8. The first-order valence-corrected chi connectivity index (χ1v) is 10.6. The second-order valence-corrected chi connectivity index (χ2v) is 8.57. The summed E-state index contributed by atoms with van der Waals surface area (Å²) in [6.07, 6.45) is 5.08. The van der Waals surface area contributed by atoms with Crippen molar-refractivity contribution < 1.29 is 4.79 Å². The van der Waals surface area contributed by atoms with Gasteiger partial charge in [-0.1, -0.05) is 29.8 Å². The minimum absolute atomic E-state index is 0.103. The Morgan fingerprint density at radius 1 is 1.27 bits per heavy atom. The van der Waals surface area contributed by atoms with Crippen LogP contribution in [0.15, 0.2) is 29.4 Å². The first kappa shape index (κ1) is 17.9. The maximum Gasteiger partial charge on any atom is 0.230 e. The summed E-state index contributed by atoms with van der Waals surface area (Å²) in [5, 5.41) is 13.3. The molecule has 4 rings (SSSR count). The zero-order valence-corrected chi connectivity index (χ0v) is 16.4. The van der Waals surface area contributed by atoms with E-state index in [0.717, 1.165) is 35.4 Å². The van der Waals surface area contributed by atoms with Crippen LogP contribution in [0.1, 0.15) is 32.6 Å². The molecule has 7 heteroatoms. The summed E-state index contributed by atoms with van der Waals surface area (Å²) in [5.74, 6) is 2.83. The van der Waals surface area contributed by atoms with Gasteiger partial charge in [-0.3, -0.25) is 4.79 Å². The molecule has 5 nitrogen and oxygen atoms in total. The van der Waals surface area contributed by atoms with E-state index >= 15 is 0 Å². The molecule has 1 aromatic heterocycles. The fourth-order valence-corrected chi connectivity index (χ4v) is 5.23. The number of carbonyl (C=O) groups excluding carboxylic acids is 1. The SMILES string of the molecule is CCn1c(SCC(=O)N[C@@H]2C[C@@H]3CC[C@H]2C3)nnc1-c1ccc(Cl)cc1. The largest absolute Gasteiger partial charge is 0.352 e. The van der Waals surface area contributed by atoms with Gasteiger partial charge in [0.25, 0.3) is 0 Å². The summed E-state index contributed by atoms with van der Waals surface area (Å²) in [4.78, 5) is 12.4. The number of benzene rings is 1. The number of amides is 1. The fourth-order valence-electron chi connectivity index (χ4n) is 4.29. The van der Waals surface area contributed by atoms with Crippen LogP contribution >= 0.6 is 23.4 Å². The molecule has 0 aliphatic heterocycles. The van der Waals surface area contributed by atoms with Gasteiger partial charge in [-0.25, -0.2) is 0 Å². The lowest BCUT2D eigenvalue weighted by Crippen LogP contribution is -2.39. The molecule has 2 aromatic rings. The van der Waals surface area contributed by atoms with E-state index in [2.05, 4.69) is 22.4 Å². The van der Waals surface area contributed by atoms with Crippen molar-refractivity contribution in [2.24, 2.45) is 11.8 Å². The van der Waals surface area contributed by atoms with E-state index in [1.807, 2.05) is 28.8 Å². The Kier molecular flexibility index (Phi) is 5.23. The van der Waals surface area contributed by atoms with Crippen LogP contribution in [0.2, 0.25) is 5.02 Å². The number of hydrogen-bond donors (Lipinski definition) is 1. The number of halogens is 1. The van der Waals surface area contributed by atoms with Crippen LogP contribution in [0.4, 0.5) is 0 Å². The van der Waals surface area contributed by atoms with Gasteiger partial charge < -0.3 is 9.88 Å². The van der Waals surface area contributed by atoms with Crippen molar-refractivity contribution in [3.8, 4) is 11.4 Å². The Balaban J connectivity index is 1.39. The number of rotatable bonds is 6. The number of nitrogens with zero attached hydrogens (tertiary/aromatic N) is 3. The minimum atomic E-state index is 0.103. The normalized spacial score (nSPS) is 24.2. The molecule has 2 bridgehead atoms. The third-order valence-electron chi connectivity index (χ3n) is 5.55. The summed E-state index contributed by atoms with van der Waals surface area (Å²) in [6, 6.07) is 7.96. The van der Waals surface area contributed by atoms with Crippen molar-refractivity contribution in [1.82, 2.24) is 20.1 Å². The first-order valence-electron chi connectivity index (χ1n) is 9.25. The van der Waals surface area contributed by atoms with Gasteiger partial charge in [-0.2, -0.15) is 0 Å². The van der Waals surface area contributed by atoms with Gasteiger partial charge in [-0.05, 0) is 62.3 Å². The Morgan fingerprint density at radius 2 is 2.08 bits per heavy atom. The molecule has 3 atom stereocenters. The van der Waals surface area contributed by atoms with E-state index < -0.39 is 0 Å². The molecule has 2 fully saturated rings. The monoisotopic (exact) mass is 390 g/mol. The molecular weight excluding hydrogens is 368 g/mol. The lowest BCUT2D eigenvalue weighted by Gasteiger charge is -2.22. The Morgan fingerprint density at radius 3 is 2.73 bits per heavy atom. The standard InChI is InChI=1S/C19H23ClN4OS/c1-2-24-18(13-5-7-15(20)8-6-13)22-23-19(24)26-11-17(25)21-16-10-12-3-4-14(16)9-12/h5-8,12,14,16H,2-4,9-11H2,1H3,(H,21,25)/t12-,14+,16-/m1/s1. The van der Waals surface area contributed by atoms with E-state index in [4.69, 9.17) is 11.6 Å². The number of hydrogen-bond acceptors (Lipinski definition) is 4. The van der Waals surface area contributed by atoms with Crippen LogP contribution < -0.4 is 5.32 Å². The van der Waals surface area contributed by atoms with Crippen LogP contribution in [0.3, 0.4) is 0 Å². The highest BCUT2D eigenvalue weighted by Gasteiger charge is 2.40. The van der Waals surface area contributed by atoms with Gasteiger partial charge in [-0.15, -0.1) is 10.2 Å². The van der Waals surface area contributed by atoms with Crippen LogP contribution in [0.5, 0.6) is 0 Å². The highest BCUT2D eigenvalue weighted by Crippen LogP contribution is 2.44. The summed E-state index contributed by atoms with van der Waals surface area (Å²) >= 11 is 7.42. The van der Waals surface area contributed by atoms with E-state index in [1.54, 1.807) is 0 Å². The number of nitrogens with one attached hydrogen (secondary N) is 1. The number of carbonyl (C=O) groups is 1. The number of aromatic nitrogens is 3. The molecule has 138 valence electrons. The third kappa shape index (κ3) is 3.62. The molecule has 0 unspecified atom stereocenters. The predicted octanol–water partition coefficient (Wildman–Crippen LogP) is 4.02. The number of fused-ring (bicyclic) bond motifs is 2. The molecule has 0 saturated heterocycles. The van der Waals surface area contributed by atoms with Crippen LogP contribution in [0.25, 0.3) is 11.4 Å². The molecule has 0 spiro atoms. The molecule has 1 N–H and O–H groups in total. The fraction of sp³-hybridized carbons (Fsp3) is 0.526. The van der Waals surface area contributed by atoms with Crippen molar-refractivity contribution >= 4 is 29.3 Å². The van der Waals surface area contributed by atoms with Crippen molar-refractivity contribution in [2.45, 2.75) is 50.4 Å². The average molecular weight is 391 g/mol. The lowest BCUT2D eigenvalue weighted by molar-refractivity contribution is -0.119. The molecular formula is C19H23ClN4OS. The number of thioether (sulfide) groups is 1. The Labute approximate surface area is 162 Å². The molecule has 1 aromatic carbocycles. The zero-order chi connectivity index (χ0) is 18.1. The second kappa shape index (κ2) is 7.61. The maximum atomic E-state index is 12.4. The van der Waals surface area contributed by atoms with Crippen molar-refractivity contribution in [3.63, 3.8) is 0 Å². The maximum absolute atomic E-state index is 12.4. The van der Waals surface area contributed by atoms with Crippen LogP contribution in [0, 0.1) is 11.8 Å². The smallest absolute Gasteiger partial charge is 0.230 e. The highest BCUT2D eigenvalue weighted by atomic mass is 35.5. The molecule has 1 heterocycles. The van der Waals surface area contributed by atoms with E-state index in [9.17, 15) is 4.79 Å². The molecule has 0 radical (unpaired) electrons. The predicted molar refractivity (Wildman–Crippen MR) is 104 cm³/mol. The third-order valence-corrected chi connectivity index (χ3v) is 6.77. The van der Waals surface area contributed by atoms with E-state index in [1.165, 1.54) is 31.0 Å². The van der Waals surface area contributed by atoms with Crippen molar-refractivity contribution in [3.05, 3.63) is 29.3 Å². The Bertz CT molecular complexity index is 791. The lowest BCUT2D eigenvalue weighted by atomic mass is 9.95. The van der Waals surface area contributed by atoms with Gasteiger partial charge in [0.05, 0.1) is 5.75 Å². The second-order valence-electron chi connectivity index (χ2n) is 7.19. The van der Waals surface area contributed by atoms with Crippen molar-refractivity contribution in [1.29, 1.82) is 0 Å². The first-order chi connectivity index (χ1) is 12.6. The van der Waals surface area contributed by atoms with E-state index in [-0.39, 0.29) is 5.91 Å². The molecule has 2 aliphatic carbocycles. The van der Waals surface area contributed by atoms with Gasteiger partial charge in [0.2, 0.25) is 5.91 Å². The molecule has 1 amide bonds. The van der Waals surface area contributed by atoms with E-state index in [0.29, 0.717) is 22.7 Å². The quantitative estimate of drug-likeness (QED) is 0.757. The average Bonchev–Trinajstić information content (AvgIpc) is 3.35. The Hall–Kier alpha value is -1.53. The summed E-state index contributed by atoms with van der Waals surface area (Å²) in [6.45, 7) is 2.81.